The van der Waals surface area contributed by atoms with Gasteiger partial charge >= 0.3 is 5.69 Å². The molecule has 0 aliphatic rings. The van der Waals surface area contributed by atoms with Gasteiger partial charge in [0.15, 0.2) is 0 Å². The summed E-state index contributed by atoms with van der Waals surface area (Å²) in [5.41, 5.74) is 2.08. The van der Waals surface area contributed by atoms with Crippen molar-refractivity contribution in [2.24, 2.45) is 10.9 Å². The lowest BCUT2D eigenvalue weighted by atomic mass is 9.68. The smallest absolute Gasteiger partial charge is 0.311 e. The molecule has 2 N–H and O–H groups in total. The van der Waals surface area contributed by atoms with Crippen LogP contribution < -0.4 is 9.47 Å². The lowest BCUT2D eigenvalue weighted by Gasteiger charge is -2.42. The third kappa shape index (κ3) is 14.8. The van der Waals surface area contributed by atoms with E-state index in [0.29, 0.717) is 30.8 Å². The number of rotatable bonds is 24. The normalized spacial score (nSPS) is 13.9. The van der Waals surface area contributed by atoms with E-state index < -0.39 is 28.0 Å². The van der Waals surface area contributed by atoms with Crippen LogP contribution in [-0.2, 0) is 27.3 Å². The topological polar surface area (TPSA) is 114 Å². The summed E-state index contributed by atoms with van der Waals surface area (Å²) in [6, 6.07) is 12.3. The summed E-state index contributed by atoms with van der Waals surface area (Å²) < 4.78 is 13.8. The van der Waals surface area contributed by atoms with Crippen LogP contribution in [0.4, 0.5) is 5.69 Å². The predicted octanol–water partition coefficient (Wildman–Crippen LogP) is 15.7. The Morgan fingerprint density at radius 3 is 1.34 bits per heavy atom. The van der Waals surface area contributed by atoms with Crippen LogP contribution in [0.25, 0.3) is 0 Å². The molecular formula is C57H90N2O6. The Morgan fingerprint density at radius 2 is 1.00 bits per heavy atom. The van der Waals surface area contributed by atoms with Crippen LogP contribution in [-0.4, -0.2) is 40.6 Å². The predicted molar refractivity (Wildman–Crippen MR) is 274 cm³/mol. The van der Waals surface area contributed by atoms with E-state index in [4.69, 9.17) is 14.5 Å². The molecule has 0 fully saturated rings. The Kier molecular flexibility index (Phi) is 20.2. The number of benzene rings is 3. The van der Waals surface area contributed by atoms with Gasteiger partial charge in [-0.15, -0.1) is 0 Å². The van der Waals surface area contributed by atoms with Crippen molar-refractivity contribution in [3.8, 4) is 17.2 Å². The Balaban J connectivity index is 2.54. The molecule has 0 aliphatic carbocycles. The van der Waals surface area contributed by atoms with Gasteiger partial charge in [0.1, 0.15) is 17.1 Å². The van der Waals surface area contributed by atoms with Gasteiger partial charge < -0.3 is 19.7 Å². The quantitative estimate of drug-likeness (QED) is 0.0401. The van der Waals surface area contributed by atoms with E-state index in [2.05, 4.69) is 135 Å². The molecule has 0 saturated carbocycles. The van der Waals surface area contributed by atoms with Gasteiger partial charge in [0.2, 0.25) is 5.75 Å². The van der Waals surface area contributed by atoms with Crippen molar-refractivity contribution in [3.63, 3.8) is 0 Å². The largest absolute Gasteiger partial charge is 0.502 e. The molecule has 2 atom stereocenters. The number of aliphatic hydroxyl groups is 1. The molecule has 0 spiro atoms. The average molecular weight is 899 g/mol. The minimum Gasteiger partial charge on any atom is -0.502 e. The van der Waals surface area contributed by atoms with Crippen LogP contribution in [0.1, 0.15) is 233 Å². The highest BCUT2D eigenvalue weighted by molar-refractivity contribution is 5.85. The van der Waals surface area contributed by atoms with Crippen molar-refractivity contribution in [1.29, 1.82) is 0 Å². The number of aliphatic imine (C=N–C) groups is 1. The average Bonchev–Trinajstić information content (AvgIpc) is 3.21. The number of nitro groups is 1. The van der Waals surface area contributed by atoms with Crippen molar-refractivity contribution in [3.05, 3.63) is 91.5 Å². The van der Waals surface area contributed by atoms with Gasteiger partial charge in [0.05, 0.1) is 24.2 Å². The molecule has 364 valence electrons. The Bertz CT molecular complexity index is 1840. The number of nitrogens with zero attached hydrogens (tertiary/aromatic N) is 2. The number of aromatic hydroxyl groups is 1. The number of para-hydroxylation sites is 1. The van der Waals surface area contributed by atoms with Crippen LogP contribution >= 0.6 is 0 Å². The van der Waals surface area contributed by atoms with Gasteiger partial charge in [-0.25, -0.2) is 0 Å². The van der Waals surface area contributed by atoms with E-state index in [1.807, 2.05) is 0 Å². The lowest BCUT2D eigenvalue weighted by Crippen LogP contribution is -2.44. The van der Waals surface area contributed by atoms with Crippen LogP contribution in [0.3, 0.4) is 0 Å². The summed E-state index contributed by atoms with van der Waals surface area (Å²) in [5, 5.41) is 37.5. The fourth-order valence-corrected chi connectivity index (χ4v) is 8.71. The molecule has 8 nitrogen and oxygen atoms in total. The van der Waals surface area contributed by atoms with Crippen LogP contribution in [0.2, 0.25) is 0 Å². The molecule has 2 unspecified atom stereocenters. The number of nitro benzene ring substituents is 1. The maximum atomic E-state index is 14.4. The zero-order valence-corrected chi connectivity index (χ0v) is 43.8. The molecule has 0 saturated heterocycles. The van der Waals surface area contributed by atoms with Gasteiger partial charge in [-0.2, -0.15) is 0 Å². The van der Waals surface area contributed by atoms with Gasteiger partial charge in [0, 0.05) is 40.1 Å². The van der Waals surface area contributed by atoms with Gasteiger partial charge in [0.25, 0.3) is 0 Å². The Hall–Kier alpha value is -3.91. The second kappa shape index (κ2) is 23.7. The molecule has 3 aromatic rings. The fourth-order valence-electron chi connectivity index (χ4n) is 8.71. The summed E-state index contributed by atoms with van der Waals surface area (Å²) in [6.07, 6.45) is 16.2. The SMILES string of the molecule is CCCCCCCCOc1c(C(C)(C)C)cc(C(O)(c2cc(C(C)(C)C)c(OCCCCCCCC)c(C(C)(C)C)c2)C(N=Cc2cccc([N+](=O)[O-])c2O)C(C)CC)cc1C(C)(C)C. The number of ether oxygens (including phenoxy) is 2. The molecule has 0 bridgehead atoms. The van der Waals surface area contributed by atoms with E-state index in [1.165, 1.54) is 63.6 Å². The summed E-state index contributed by atoms with van der Waals surface area (Å²) in [7, 11) is 0. The van der Waals surface area contributed by atoms with E-state index in [-0.39, 0.29) is 33.1 Å². The highest BCUT2D eigenvalue weighted by Crippen LogP contribution is 2.50. The molecular weight excluding hydrogens is 809 g/mol. The zero-order chi connectivity index (χ0) is 49.0. The first-order chi connectivity index (χ1) is 30.2. The van der Waals surface area contributed by atoms with Gasteiger partial charge in [-0.05, 0) is 81.9 Å². The second-order valence-electron chi connectivity index (χ2n) is 22.9. The first kappa shape index (κ1) is 55.4. The number of hydrogen-bond acceptors (Lipinski definition) is 7. The van der Waals surface area contributed by atoms with E-state index >= 15 is 0 Å². The molecule has 0 aliphatic heterocycles. The van der Waals surface area contributed by atoms with Crippen LogP contribution in [0, 0.1) is 16.0 Å². The molecule has 8 heteroatoms. The monoisotopic (exact) mass is 899 g/mol. The molecule has 65 heavy (non-hydrogen) atoms. The molecule has 0 radical (unpaired) electrons. The van der Waals surface area contributed by atoms with E-state index in [0.717, 1.165) is 59.4 Å². The first-order valence-electron chi connectivity index (χ1n) is 25.1. The third-order valence-electron chi connectivity index (χ3n) is 13.0. The summed E-state index contributed by atoms with van der Waals surface area (Å²) in [5.74, 6) is 1.11. The summed E-state index contributed by atoms with van der Waals surface area (Å²) in [4.78, 5) is 16.5. The van der Waals surface area contributed by atoms with E-state index in [1.54, 1.807) is 12.1 Å². The van der Waals surface area contributed by atoms with Crippen LogP contribution in [0.5, 0.6) is 17.2 Å². The summed E-state index contributed by atoms with van der Waals surface area (Å²) >= 11 is 0. The minimum atomic E-state index is -1.74. The number of phenols is 1. The van der Waals surface area contributed by atoms with Gasteiger partial charge in [-0.1, -0.05) is 187 Å². The maximum Gasteiger partial charge on any atom is 0.311 e. The first-order valence-corrected chi connectivity index (χ1v) is 25.1. The molecule has 0 aromatic heterocycles. The highest BCUT2D eigenvalue weighted by atomic mass is 16.6. The van der Waals surface area contributed by atoms with Crippen molar-refractivity contribution in [1.82, 2.24) is 0 Å². The van der Waals surface area contributed by atoms with Crippen molar-refractivity contribution >= 4 is 11.9 Å². The van der Waals surface area contributed by atoms with Gasteiger partial charge in [-0.3, -0.25) is 15.1 Å². The van der Waals surface area contributed by atoms with Crippen LogP contribution in [0.15, 0.2) is 47.5 Å². The minimum absolute atomic E-state index is 0.184. The van der Waals surface area contributed by atoms with Crippen molar-refractivity contribution in [2.75, 3.05) is 13.2 Å². The number of hydrogen-bond donors (Lipinski definition) is 2. The second-order valence-corrected chi connectivity index (χ2v) is 22.9. The fraction of sp³-hybridized carbons (Fsp3) is 0.667. The molecule has 0 heterocycles. The third-order valence-corrected chi connectivity index (χ3v) is 13.0. The number of phenolic OH excluding ortho intramolecular Hbond substituents is 1. The zero-order valence-electron chi connectivity index (χ0n) is 43.8. The Morgan fingerprint density at radius 1 is 0.631 bits per heavy atom. The van der Waals surface area contributed by atoms with Crippen molar-refractivity contribution < 1.29 is 24.6 Å². The molecule has 0 amide bonds. The summed E-state index contributed by atoms with van der Waals surface area (Å²) in [6.45, 7) is 36.3. The highest BCUT2D eigenvalue weighted by Gasteiger charge is 2.46. The molecule has 3 aromatic carbocycles. The number of unbranched alkanes of at least 4 members (excludes halogenated alkanes) is 10. The molecule has 3 rings (SSSR count). The maximum absolute atomic E-state index is 14.4. The standard InChI is InChI=1S/C57H90N2O6/c1-17-20-22-24-26-28-33-64-50-44(53(5,6)7)35-42(36-45(50)54(8,9)10)57(61,52(40(4)19-3)58-39-41-31-30-32-48(49(41)60)59(62)63)43-37-46(55(11,12)13)51(47(38-43)56(14,15)16)65-34-29-27-25-23-21-18-2/h30-32,35-40,52,60-61H,17-29,33-34H2,1-16H3. The van der Waals surface area contributed by atoms with Crippen molar-refractivity contribution in [2.45, 2.75) is 228 Å². The lowest BCUT2D eigenvalue weighted by molar-refractivity contribution is -0.385. The van der Waals surface area contributed by atoms with E-state index in [9.17, 15) is 20.3 Å². The Labute approximate surface area is 395 Å².